The maximum Gasteiger partial charge on any atom is 0.260 e. The molecule has 0 aromatic carbocycles. The number of imidazole rings is 1. The fraction of sp³-hybridized carbons (Fsp3) is 0.727. The van der Waals surface area contributed by atoms with Crippen LogP contribution >= 0.6 is 0 Å². The highest BCUT2D eigenvalue weighted by atomic mass is 32.2. The molecule has 1 aliphatic rings. The standard InChI is InChI=1S/C11H19N3O3S/c1-9-12-8-10(13-9)18(16,17)14-6-3-4-11(2,15)5-7-14/h8,15H,3-7H2,1-2H3,(H,12,13). The van der Waals surface area contributed by atoms with Crippen LogP contribution in [-0.2, 0) is 10.0 Å². The summed E-state index contributed by atoms with van der Waals surface area (Å²) in [6, 6.07) is 0. The minimum atomic E-state index is -3.51. The van der Waals surface area contributed by atoms with E-state index in [9.17, 15) is 13.5 Å². The van der Waals surface area contributed by atoms with Gasteiger partial charge in [0, 0.05) is 13.1 Å². The molecule has 0 saturated carbocycles. The summed E-state index contributed by atoms with van der Waals surface area (Å²) in [6.45, 7) is 4.25. The molecule has 0 radical (unpaired) electrons. The highest BCUT2D eigenvalue weighted by Crippen LogP contribution is 2.24. The fourth-order valence-electron chi connectivity index (χ4n) is 2.15. The lowest BCUT2D eigenvalue weighted by Crippen LogP contribution is -2.33. The van der Waals surface area contributed by atoms with Gasteiger partial charge in [-0.05, 0) is 33.1 Å². The van der Waals surface area contributed by atoms with E-state index in [1.165, 1.54) is 10.5 Å². The maximum atomic E-state index is 12.3. The predicted octanol–water partition coefficient (Wildman–Crippen LogP) is 0.644. The van der Waals surface area contributed by atoms with Gasteiger partial charge in [-0.15, -0.1) is 0 Å². The molecule has 0 amide bonds. The number of nitrogens with one attached hydrogen (secondary N) is 1. The first-order valence-corrected chi connectivity index (χ1v) is 7.49. The van der Waals surface area contributed by atoms with Crippen LogP contribution < -0.4 is 0 Å². The molecule has 1 fully saturated rings. The molecule has 2 N–H and O–H groups in total. The SMILES string of the molecule is Cc1ncc(S(=O)(=O)N2CCCC(C)(O)CC2)[nH]1. The molecule has 6 nitrogen and oxygen atoms in total. The number of H-pyrrole nitrogens is 1. The Kier molecular flexibility index (Phi) is 3.48. The van der Waals surface area contributed by atoms with Crippen molar-refractivity contribution in [1.29, 1.82) is 0 Å². The number of aryl methyl sites for hydroxylation is 1. The Morgan fingerprint density at radius 2 is 2.17 bits per heavy atom. The molecule has 18 heavy (non-hydrogen) atoms. The molecule has 0 aliphatic carbocycles. The molecule has 2 rings (SSSR count). The smallest absolute Gasteiger partial charge is 0.260 e. The van der Waals surface area contributed by atoms with Crippen LogP contribution in [0, 0.1) is 6.92 Å². The summed E-state index contributed by atoms with van der Waals surface area (Å²) in [7, 11) is -3.51. The largest absolute Gasteiger partial charge is 0.390 e. The Morgan fingerprint density at radius 3 is 2.78 bits per heavy atom. The number of rotatable bonds is 2. The van der Waals surface area contributed by atoms with Gasteiger partial charge in [-0.1, -0.05) is 0 Å². The summed E-state index contributed by atoms with van der Waals surface area (Å²) < 4.78 is 26.1. The monoisotopic (exact) mass is 273 g/mol. The maximum absolute atomic E-state index is 12.3. The highest BCUT2D eigenvalue weighted by molar-refractivity contribution is 7.89. The summed E-state index contributed by atoms with van der Waals surface area (Å²) in [5.74, 6) is 0.579. The van der Waals surface area contributed by atoms with Crippen molar-refractivity contribution >= 4 is 10.0 Å². The van der Waals surface area contributed by atoms with Gasteiger partial charge in [-0.2, -0.15) is 4.31 Å². The quantitative estimate of drug-likeness (QED) is 0.828. The van der Waals surface area contributed by atoms with Crippen molar-refractivity contribution < 1.29 is 13.5 Å². The predicted molar refractivity (Wildman–Crippen MR) is 66.6 cm³/mol. The third kappa shape index (κ3) is 2.73. The van der Waals surface area contributed by atoms with Gasteiger partial charge in [0.05, 0.1) is 11.8 Å². The van der Waals surface area contributed by atoms with Crippen molar-refractivity contribution in [3.63, 3.8) is 0 Å². The molecule has 0 spiro atoms. The van der Waals surface area contributed by atoms with Gasteiger partial charge >= 0.3 is 0 Å². The van der Waals surface area contributed by atoms with Gasteiger partial charge in [0.2, 0.25) is 0 Å². The molecule has 1 aliphatic heterocycles. The zero-order valence-electron chi connectivity index (χ0n) is 10.7. The van der Waals surface area contributed by atoms with Crippen LogP contribution in [0.5, 0.6) is 0 Å². The second-order valence-corrected chi connectivity index (χ2v) is 6.99. The van der Waals surface area contributed by atoms with E-state index < -0.39 is 15.6 Å². The molecule has 1 aromatic heterocycles. The molecular formula is C11H19N3O3S. The van der Waals surface area contributed by atoms with E-state index in [1.54, 1.807) is 13.8 Å². The normalized spacial score (nSPS) is 27.1. The van der Waals surface area contributed by atoms with Gasteiger partial charge in [0.25, 0.3) is 10.0 Å². The van der Waals surface area contributed by atoms with Crippen molar-refractivity contribution in [2.75, 3.05) is 13.1 Å². The Balaban J connectivity index is 2.21. The van der Waals surface area contributed by atoms with E-state index in [2.05, 4.69) is 9.97 Å². The van der Waals surface area contributed by atoms with Crippen LogP contribution in [0.3, 0.4) is 0 Å². The molecular weight excluding hydrogens is 254 g/mol. The zero-order valence-corrected chi connectivity index (χ0v) is 11.5. The average Bonchev–Trinajstić information content (AvgIpc) is 2.61. The number of aromatic nitrogens is 2. The van der Waals surface area contributed by atoms with Crippen molar-refractivity contribution in [1.82, 2.24) is 14.3 Å². The first kappa shape index (κ1) is 13.5. The zero-order chi connectivity index (χ0) is 13.4. The van der Waals surface area contributed by atoms with Crippen molar-refractivity contribution in [3.05, 3.63) is 12.0 Å². The molecule has 1 unspecified atom stereocenters. The lowest BCUT2D eigenvalue weighted by atomic mass is 9.98. The van der Waals surface area contributed by atoms with Crippen molar-refractivity contribution in [2.24, 2.45) is 0 Å². The molecule has 1 atom stereocenters. The van der Waals surface area contributed by atoms with E-state index in [0.717, 1.165) is 0 Å². The van der Waals surface area contributed by atoms with Crippen LogP contribution in [0.1, 0.15) is 32.0 Å². The number of sulfonamides is 1. The minimum absolute atomic E-state index is 0.126. The van der Waals surface area contributed by atoms with Gasteiger partial charge in [0.1, 0.15) is 5.82 Å². The summed E-state index contributed by atoms with van der Waals surface area (Å²) in [5.41, 5.74) is -0.770. The van der Waals surface area contributed by atoms with E-state index in [-0.39, 0.29) is 5.03 Å². The topological polar surface area (TPSA) is 86.3 Å². The third-order valence-corrected chi connectivity index (χ3v) is 5.13. The lowest BCUT2D eigenvalue weighted by molar-refractivity contribution is 0.0465. The number of aromatic amines is 1. The average molecular weight is 273 g/mol. The molecule has 2 heterocycles. The van der Waals surface area contributed by atoms with Crippen LogP contribution in [0.15, 0.2) is 11.2 Å². The Labute approximate surface area is 107 Å². The van der Waals surface area contributed by atoms with Crippen LogP contribution in [-0.4, -0.2) is 46.5 Å². The third-order valence-electron chi connectivity index (χ3n) is 3.32. The number of aliphatic hydroxyl groups is 1. The van der Waals surface area contributed by atoms with Crippen molar-refractivity contribution in [2.45, 2.75) is 43.7 Å². The van der Waals surface area contributed by atoms with Crippen molar-refractivity contribution in [3.8, 4) is 0 Å². The Morgan fingerprint density at radius 1 is 1.44 bits per heavy atom. The first-order valence-electron chi connectivity index (χ1n) is 6.05. The molecule has 102 valence electrons. The van der Waals surface area contributed by atoms with E-state index in [0.29, 0.717) is 38.2 Å². The second-order valence-electron chi connectivity index (χ2n) is 5.09. The summed E-state index contributed by atoms with van der Waals surface area (Å²) >= 11 is 0. The summed E-state index contributed by atoms with van der Waals surface area (Å²) in [4.78, 5) is 6.67. The summed E-state index contributed by atoms with van der Waals surface area (Å²) in [5, 5.41) is 10.1. The summed E-state index contributed by atoms with van der Waals surface area (Å²) in [6.07, 6.45) is 3.09. The van der Waals surface area contributed by atoms with E-state index in [4.69, 9.17) is 0 Å². The number of hydrogen-bond donors (Lipinski definition) is 2. The first-order chi connectivity index (χ1) is 8.31. The Hall–Kier alpha value is -0.920. The van der Waals surface area contributed by atoms with Gasteiger partial charge in [-0.3, -0.25) is 0 Å². The Bertz CT molecular complexity index is 521. The van der Waals surface area contributed by atoms with Gasteiger partial charge < -0.3 is 10.1 Å². The molecule has 1 saturated heterocycles. The van der Waals surface area contributed by atoms with E-state index in [1.807, 2.05) is 0 Å². The second kappa shape index (κ2) is 4.64. The number of hydrogen-bond acceptors (Lipinski definition) is 4. The van der Waals surface area contributed by atoms with Gasteiger partial charge in [0.15, 0.2) is 5.03 Å². The van der Waals surface area contributed by atoms with Crippen LogP contribution in [0.2, 0.25) is 0 Å². The highest BCUT2D eigenvalue weighted by Gasteiger charge is 2.32. The number of nitrogens with zero attached hydrogens (tertiary/aromatic N) is 2. The van der Waals surface area contributed by atoms with E-state index >= 15 is 0 Å². The molecule has 7 heteroatoms. The lowest BCUT2D eigenvalue weighted by Gasteiger charge is -2.21. The molecule has 0 bridgehead atoms. The molecule has 1 aromatic rings. The van der Waals surface area contributed by atoms with Gasteiger partial charge in [-0.25, -0.2) is 13.4 Å². The van der Waals surface area contributed by atoms with Crippen LogP contribution in [0.25, 0.3) is 0 Å². The van der Waals surface area contributed by atoms with Crippen LogP contribution in [0.4, 0.5) is 0 Å². The fourth-order valence-corrected chi connectivity index (χ4v) is 3.59. The minimum Gasteiger partial charge on any atom is -0.390 e.